The smallest absolute Gasteiger partial charge is 0.172 e. The number of azide groups is 1. The van der Waals surface area contributed by atoms with E-state index in [-0.39, 0.29) is 0 Å². The third-order valence-corrected chi connectivity index (χ3v) is 2.98. The van der Waals surface area contributed by atoms with E-state index in [1.165, 1.54) is 12.2 Å². The third-order valence-electron chi connectivity index (χ3n) is 2.98. The van der Waals surface area contributed by atoms with Crippen LogP contribution in [-0.2, 0) is 4.79 Å². The van der Waals surface area contributed by atoms with Crippen LogP contribution >= 0.6 is 0 Å². The SMILES string of the molecule is CC(/C=C/C=C(C)/C=C/c1c(F)c(F)c(N=[N+]=[N-])c(F)c1F)=C\C=O. The molecule has 0 atom stereocenters. The number of allylic oxidation sites excluding steroid dienone is 7. The van der Waals surface area contributed by atoms with E-state index in [1.54, 1.807) is 32.1 Å². The fourth-order valence-corrected chi connectivity index (χ4v) is 1.70. The molecule has 4 nitrogen and oxygen atoms in total. The summed E-state index contributed by atoms with van der Waals surface area (Å²) < 4.78 is 54.9. The standard InChI is InChI=1S/C17H13F4N3O/c1-10(4-3-5-11(2)8-9-25)6-7-12-13(18)15(20)17(23-24-22)16(21)14(12)19/h3-9H,1-2H3/b5-3+,7-6+,10-4+,11-8+. The fraction of sp³-hybridized carbons (Fsp3) is 0.118. The Labute approximate surface area is 141 Å². The number of nitrogens with zero attached hydrogens (tertiary/aromatic N) is 3. The molecule has 0 heterocycles. The van der Waals surface area contributed by atoms with Crippen LogP contribution in [0.5, 0.6) is 0 Å². The number of halogens is 4. The van der Waals surface area contributed by atoms with E-state index < -0.39 is 34.5 Å². The van der Waals surface area contributed by atoms with Crippen LogP contribution < -0.4 is 0 Å². The van der Waals surface area contributed by atoms with Gasteiger partial charge in [-0.25, -0.2) is 17.6 Å². The molecule has 0 saturated heterocycles. The Hall–Kier alpha value is -3.12. The van der Waals surface area contributed by atoms with Crippen LogP contribution in [0.15, 0.2) is 46.6 Å². The van der Waals surface area contributed by atoms with Gasteiger partial charge in [0.2, 0.25) is 0 Å². The molecule has 1 aromatic carbocycles. The minimum atomic E-state index is -1.77. The molecule has 0 amide bonds. The number of hydrogen-bond donors (Lipinski definition) is 0. The van der Waals surface area contributed by atoms with E-state index >= 15 is 0 Å². The van der Waals surface area contributed by atoms with E-state index in [4.69, 9.17) is 5.53 Å². The minimum Gasteiger partial charge on any atom is -0.299 e. The lowest BCUT2D eigenvalue weighted by molar-refractivity contribution is -0.104. The zero-order valence-corrected chi connectivity index (χ0v) is 13.3. The number of benzene rings is 1. The first-order valence-electron chi connectivity index (χ1n) is 6.89. The molecule has 0 bridgehead atoms. The maximum Gasteiger partial charge on any atom is 0.172 e. The molecular formula is C17H13F4N3O. The first-order valence-corrected chi connectivity index (χ1v) is 6.89. The molecule has 8 heteroatoms. The highest BCUT2D eigenvalue weighted by atomic mass is 19.2. The highest BCUT2D eigenvalue weighted by molar-refractivity contribution is 5.67. The van der Waals surface area contributed by atoms with Crippen LogP contribution in [0.4, 0.5) is 23.2 Å². The molecule has 25 heavy (non-hydrogen) atoms. The van der Waals surface area contributed by atoms with Gasteiger partial charge in [0, 0.05) is 4.91 Å². The molecule has 0 fully saturated rings. The van der Waals surface area contributed by atoms with Gasteiger partial charge >= 0.3 is 0 Å². The summed E-state index contributed by atoms with van der Waals surface area (Å²) in [4.78, 5) is 12.4. The summed E-state index contributed by atoms with van der Waals surface area (Å²) in [5.74, 6) is -6.86. The van der Waals surface area contributed by atoms with Gasteiger partial charge in [0.1, 0.15) is 12.0 Å². The zero-order valence-electron chi connectivity index (χ0n) is 13.3. The number of hydrogen-bond acceptors (Lipinski definition) is 2. The molecule has 0 aliphatic carbocycles. The molecule has 0 unspecified atom stereocenters. The summed E-state index contributed by atoms with van der Waals surface area (Å²) in [6.45, 7) is 3.29. The monoisotopic (exact) mass is 351 g/mol. The maximum absolute atomic E-state index is 13.8. The minimum absolute atomic E-state index is 0.522. The van der Waals surface area contributed by atoms with Gasteiger partial charge in [-0.2, -0.15) is 0 Å². The predicted octanol–water partition coefficient (Wildman–Crippen LogP) is 5.85. The van der Waals surface area contributed by atoms with Crippen LogP contribution in [0.25, 0.3) is 16.5 Å². The molecule has 1 rings (SSSR count). The van der Waals surface area contributed by atoms with Gasteiger partial charge in [-0.05, 0) is 37.1 Å². The number of aldehydes is 1. The number of carbonyl (C=O) groups excluding carboxylic acids is 1. The highest BCUT2D eigenvalue weighted by Crippen LogP contribution is 2.31. The molecule has 0 aromatic heterocycles. The second-order valence-corrected chi connectivity index (χ2v) is 4.86. The van der Waals surface area contributed by atoms with E-state index in [9.17, 15) is 22.4 Å². The van der Waals surface area contributed by atoms with Gasteiger partial charge in [-0.1, -0.05) is 35.0 Å². The molecule has 0 spiro atoms. The van der Waals surface area contributed by atoms with E-state index in [1.807, 2.05) is 0 Å². The van der Waals surface area contributed by atoms with Crippen molar-refractivity contribution in [2.24, 2.45) is 5.11 Å². The third kappa shape index (κ3) is 5.19. The first-order chi connectivity index (χ1) is 11.8. The van der Waals surface area contributed by atoms with Crippen molar-refractivity contribution >= 4 is 18.0 Å². The Kier molecular flexibility index (Phi) is 7.37. The van der Waals surface area contributed by atoms with Crippen molar-refractivity contribution in [3.63, 3.8) is 0 Å². The van der Waals surface area contributed by atoms with Crippen molar-refractivity contribution in [2.45, 2.75) is 13.8 Å². The van der Waals surface area contributed by atoms with Crippen molar-refractivity contribution in [1.29, 1.82) is 0 Å². The molecule has 0 saturated carbocycles. The van der Waals surface area contributed by atoms with E-state index in [0.29, 0.717) is 17.4 Å². The second-order valence-electron chi connectivity index (χ2n) is 4.86. The average molecular weight is 351 g/mol. The topological polar surface area (TPSA) is 65.8 Å². The van der Waals surface area contributed by atoms with E-state index in [2.05, 4.69) is 10.0 Å². The van der Waals surface area contributed by atoms with Crippen LogP contribution in [0.2, 0.25) is 0 Å². The number of rotatable bonds is 6. The summed E-state index contributed by atoms with van der Waals surface area (Å²) in [6, 6.07) is 0. The molecule has 130 valence electrons. The summed E-state index contributed by atoms with van der Waals surface area (Å²) in [5.41, 5.74) is 7.11. The lowest BCUT2D eigenvalue weighted by atomic mass is 10.1. The Morgan fingerprint density at radius 1 is 0.960 bits per heavy atom. The zero-order chi connectivity index (χ0) is 19.0. The van der Waals surface area contributed by atoms with Crippen molar-refractivity contribution in [3.05, 3.63) is 80.8 Å². The normalized spacial score (nSPS) is 12.7. The van der Waals surface area contributed by atoms with Crippen molar-refractivity contribution in [3.8, 4) is 0 Å². The Morgan fingerprint density at radius 2 is 1.52 bits per heavy atom. The molecule has 0 radical (unpaired) electrons. The average Bonchev–Trinajstić information content (AvgIpc) is 2.57. The highest BCUT2D eigenvalue weighted by Gasteiger charge is 2.23. The molecule has 1 aromatic rings. The summed E-state index contributed by atoms with van der Waals surface area (Å²) in [7, 11) is 0. The summed E-state index contributed by atoms with van der Waals surface area (Å²) in [5, 5.41) is 2.61. The first kappa shape index (κ1) is 19.9. The van der Waals surface area contributed by atoms with Gasteiger partial charge in [0.05, 0.1) is 5.56 Å². The Balaban J connectivity index is 3.19. The largest absolute Gasteiger partial charge is 0.299 e. The Bertz CT molecular complexity index is 819. The van der Waals surface area contributed by atoms with Gasteiger partial charge in [-0.15, -0.1) is 0 Å². The number of carbonyl (C=O) groups is 1. The fourth-order valence-electron chi connectivity index (χ4n) is 1.70. The van der Waals surface area contributed by atoms with Gasteiger partial charge in [0.25, 0.3) is 0 Å². The van der Waals surface area contributed by atoms with Crippen LogP contribution in [0, 0.1) is 23.3 Å². The van der Waals surface area contributed by atoms with Crippen molar-refractivity contribution < 1.29 is 22.4 Å². The van der Waals surface area contributed by atoms with Crippen molar-refractivity contribution in [1.82, 2.24) is 0 Å². The lowest BCUT2D eigenvalue weighted by Crippen LogP contribution is -1.99. The maximum atomic E-state index is 13.8. The van der Waals surface area contributed by atoms with E-state index in [0.717, 1.165) is 6.08 Å². The lowest BCUT2D eigenvalue weighted by Gasteiger charge is -2.06. The molecule has 0 aliphatic rings. The van der Waals surface area contributed by atoms with Gasteiger partial charge < -0.3 is 0 Å². The quantitative estimate of drug-likeness (QED) is 0.0927. The Morgan fingerprint density at radius 3 is 2.04 bits per heavy atom. The summed E-state index contributed by atoms with van der Waals surface area (Å²) in [6.07, 6.45) is 8.87. The van der Waals surface area contributed by atoms with Gasteiger partial charge in [0.15, 0.2) is 23.3 Å². The predicted molar refractivity (Wildman–Crippen MR) is 86.8 cm³/mol. The second kappa shape index (κ2) is 9.24. The molecule has 0 aliphatic heterocycles. The van der Waals surface area contributed by atoms with Crippen LogP contribution in [0.3, 0.4) is 0 Å². The van der Waals surface area contributed by atoms with Gasteiger partial charge in [-0.3, -0.25) is 4.79 Å². The molecular weight excluding hydrogens is 338 g/mol. The molecule has 0 N–H and O–H groups in total. The van der Waals surface area contributed by atoms with Crippen molar-refractivity contribution in [2.75, 3.05) is 0 Å². The van der Waals surface area contributed by atoms with Crippen LogP contribution in [-0.4, -0.2) is 6.29 Å². The summed E-state index contributed by atoms with van der Waals surface area (Å²) >= 11 is 0. The van der Waals surface area contributed by atoms with Crippen LogP contribution in [0.1, 0.15) is 19.4 Å².